The summed E-state index contributed by atoms with van der Waals surface area (Å²) >= 11 is 11.8. The first-order valence-corrected chi connectivity index (χ1v) is 7.27. The molecule has 0 fully saturated rings. The quantitative estimate of drug-likeness (QED) is 0.635. The van der Waals surface area contributed by atoms with Gasteiger partial charge < -0.3 is 9.84 Å². The number of halogens is 2. The van der Waals surface area contributed by atoms with E-state index < -0.39 is 11.5 Å². The number of hydrogen-bond donors (Lipinski definition) is 1. The van der Waals surface area contributed by atoms with E-state index in [0.717, 1.165) is 5.56 Å². The molecule has 0 bridgehead atoms. The van der Waals surface area contributed by atoms with Crippen LogP contribution in [-0.4, -0.2) is 11.1 Å². The monoisotopic (exact) mass is 347 g/mol. The van der Waals surface area contributed by atoms with Gasteiger partial charge in [-0.15, -0.1) is 0 Å². The molecule has 116 valence electrons. The molecule has 0 unspecified atom stereocenters. The Morgan fingerprint density at radius 1 is 1.17 bits per heavy atom. The minimum Gasteiger partial charge on any atom is -0.488 e. The summed E-state index contributed by atoms with van der Waals surface area (Å²) in [5.74, 6) is -0.880. The lowest BCUT2D eigenvalue weighted by Gasteiger charge is -2.10. The Morgan fingerprint density at radius 3 is 2.43 bits per heavy atom. The number of hydrogen-bond acceptors (Lipinski definition) is 3. The second kappa shape index (κ2) is 7.68. The molecule has 0 amide bonds. The number of nitrogens with zero attached hydrogens (tertiary/aromatic N) is 1. The van der Waals surface area contributed by atoms with E-state index in [-0.39, 0.29) is 6.61 Å². The van der Waals surface area contributed by atoms with Crippen molar-refractivity contribution in [2.24, 2.45) is 0 Å². The molecule has 0 aliphatic heterocycles. The maximum Gasteiger partial charge on any atom is 0.346 e. The second-order valence-electron chi connectivity index (χ2n) is 4.57. The summed E-state index contributed by atoms with van der Waals surface area (Å²) in [5.41, 5.74) is 0.923. The molecule has 0 saturated carbocycles. The van der Waals surface area contributed by atoms with Crippen LogP contribution in [0.15, 0.2) is 48.0 Å². The molecule has 0 saturated heterocycles. The first kappa shape index (κ1) is 16.9. The molecular formula is C17H11Cl2NO3. The minimum absolute atomic E-state index is 0.272. The van der Waals surface area contributed by atoms with Gasteiger partial charge in [-0.1, -0.05) is 35.3 Å². The summed E-state index contributed by atoms with van der Waals surface area (Å²) in [4.78, 5) is 11.0. The number of benzene rings is 2. The molecule has 6 heteroatoms. The van der Waals surface area contributed by atoms with E-state index in [2.05, 4.69) is 0 Å². The lowest BCUT2D eigenvalue weighted by Crippen LogP contribution is -2.00. The fourth-order valence-corrected chi connectivity index (χ4v) is 2.11. The van der Waals surface area contributed by atoms with Gasteiger partial charge in [0.2, 0.25) is 0 Å². The molecule has 2 aromatic carbocycles. The maximum atomic E-state index is 11.0. The van der Waals surface area contributed by atoms with Crippen LogP contribution in [-0.2, 0) is 11.4 Å². The molecule has 0 heterocycles. The van der Waals surface area contributed by atoms with E-state index in [1.54, 1.807) is 36.4 Å². The van der Waals surface area contributed by atoms with Crippen LogP contribution in [0.4, 0.5) is 0 Å². The molecule has 23 heavy (non-hydrogen) atoms. The smallest absolute Gasteiger partial charge is 0.346 e. The van der Waals surface area contributed by atoms with Crippen molar-refractivity contribution in [2.75, 3.05) is 0 Å². The van der Waals surface area contributed by atoms with E-state index in [9.17, 15) is 4.79 Å². The van der Waals surface area contributed by atoms with Crippen LogP contribution >= 0.6 is 23.2 Å². The van der Waals surface area contributed by atoms with Crippen LogP contribution in [0.1, 0.15) is 11.1 Å². The molecule has 0 radical (unpaired) electrons. The highest BCUT2D eigenvalue weighted by Gasteiger charge is 2.10. The van der Waals surface area contributed by atoms with Crippen molar-refractivity contribution in [1.29, 1.82) is 5.26 Å². The van der Waals surface area contributed by atoms with Crippen LogP contribution in [0, 0.1) is 11.3 Å². The number of carboxylic acids is 1. The number of nitriles is 1. The Bertz CT molecular complexity index is 792. The highest BCUT2D eigenvalue weighted by atomic mass is 35.5. The third-order valence-corrected chi connectivity index (χ3v) is 3.42. The van der Waals surface area contributed by atoms with Crippen molar-refractivity contribution >= 4 is 35.2 Å². The van der Waals surface area contributed by atoms with Gasteiger partial charge in [-0.2, -0.15) is 5.26 Å². The van der Waals surface area contributed by atoms with Crippen molar-refractivity contribution < 1.29 is 14.6 Å². The van der Waals surface area contributed by atoms with Gasteiger partial charge in [0.05, 0.1) is 0 Å². The number of aliphatic carboxylic acids is 1. The maximum absolute atomic E-state index is 11.0. The molecule has 4 nitrogen and oxygen atoms in total. The van der Waals surface area contributed by atoms with Crippen molar-refractivity contribution in [3.8, 4) is 11.8 Å². The lowest BCUT2D eigenvalue weighted by molar-refractivity contribution is -0.132. The summed E-state index contributed by atoms with van der Waals surface area (Å²) in [7, 11) is 0. The topological polar surface area (TPSA) is 70.3 Å². The van der Waals surface area contributed by atoms with Crippen molar-refractivity contribution in [2.45, 2.75) is 6.61 Å². The van der Waals surface area contributed by atoms with Crippen molar-refractivity contribution in [1.82, 2.24) is 0 Å². The van der Waals surface area contributed by atoms with Gasteiger partial charge in [-0.25, -0.2) is 4.79 Å². The molecule has 0 aliphatic carbocycles. The van der Waals surface area contributed by atoms with E-state index in [4.69, 9.17) is 38.3 Å². The number of ether oxygens (including phenoxy) is 1. The van der Waals surface area contributed by atoms with Gasteiger partial charge in [-0.05, 0) is 42.0 Å². The zero-order valence-electron chi connectivity index (χ0n) is 11.8. The zero-order valence-corrected chi connectivity index (χ0v) is 13.3. The highest BCUT2D eigenvalue weighted by Crippen LogP contribution is 2.26. The van der Waals surface area contributed by atoms with Crippen LogP contribution in [0.2, 0.25) is 10.0 Å². The van der Waals surface area contributed by atoms with E-state index in [0.29, 0.717) is 21.4 Å². The van der Waals surface area contributed by atoms with Crippen LogP contribution in [0.5, 0.6) is 5.75 Å². The number of carbonyl (C=O) groups is 1. The van der Waals surface area contributed by atoms with E-state index in [1.807, 2.05) is 12.1 Å². The molecule has 2 rings (SSSR count). The Hall–Kier alpha value is -2.48. The Kier molecular flexibility index (Phi) is 5.64. The highest BCUT2D eigenvalue weighted by molar-refractivity contribution is 6.31. The Labute approximate surface area is 143 Å². The molecule has 0 spiro atoms. The number of carboxylic acid groups (broad SMARTS) is 1. The number of rotatable bonds is 5. The SMILES string of the molecule is N#CC(=Cc1cc(Cl)ccc1OCc1ccc(Cl)cc1)C(=O)O. The fraction of sp³-hybridized carbons (Fsp3) is 0.0588. The van der Waals surface area contributed by atoms with Crippen LogP contribution < -0.4 is 4.74 Å². The van der Waals surface area contributed by atoms with E-state index >= 15 is 0 Å². The zero-order chi connectivity index (χ0) is 16.8. The van der Waals surface area contributed by atoms with Crippen molar-refractivity contribution in [3.05, 3.63) is 69.2 Å². The van der Waals surface area contributed by atoms with Gasteiger partial charge >= 0.3 is 5.97 Å². The van der Waals surface area contributed by atoms with Gasteiger partial charge in [-0.3, -0.25) is 0 Å². The second-order valence-corrected chi connectivity index (χ2v) is 5.45. The Morgan fingerprint density at radius 2 is 1.83 bits per heavy atom. The van der Waals surface area contributed by atoms with Crippen molar-refractivity contribution in [3.63, 3.8) is 0 Å². The van der Waals surface area contributed by atoms with Gasteiger partial charge in [0.1, 0.15) is 24.0 Å². The molecule has 1 N–H and O–H groups in total. The van der Waals surface area contributed by atoms with Gasteiger partial charge in [0.15, 0.2) is 0 Å². The summed E-state index contributed by atoms with van der Waals surface area (Å²) in [6, 6.07) is 13.6. The third kappa shape index (κ3) is 4.75. The first-order chi connectivity index (χ1) is 11.0. The summed E-state index contributed by atoms with van der Waals surface area (Å²) in [5, 5.41) is 18.9. The first-order valence-electron chi connectivity index (χ1n) is 6.51. The third-order valence-electron chi connectivity index (χ3n) is 2.93. The average Bonchev–Trinajstić information content (AvgIpc) is 2.53. The summed E-state index contributed by atoms with van der Waals surface area (Å²) in [6.07, 6.45) is 1.23. The molecule has 2 aromatic rings. The average molecular weight is 348 g/mol. The summed E-state index contributed by atoms with van der Waals surface area (Å²) in [6.45, 7) is 0.272. The van der Waals surface area contributed by atoms with Gasteiger partial charge in [0, 0.05) is 15.6 Å². The predicted octanol–water partition coefficient (Wildman–Crippen LogP) is 4.56. The fourth-order valence-electron chi connectivity index (χ4n) is 1.80. The summed E-state index contributed by atoms with van der Waals surface area (Å²) < 4.78 is 5.69. The van der Waals surface area contributed by atoms with Gasteiger partial charge in [0.25, 0.3) is 0 Å². The van der Waals surface area contributed by atoms with E-state index in [1.165, 1.54) is 6.08 Å². The van der Waals surface area contributed by atoms with Crippen LogP contribution in [0.3, 0.4) is 0 Å². The largest absolute Gasteiger partial charge is 0.488 e. The standard InChI is InChI=1S/C17H11Cl2NO3/c18-14-3-1-11(2-4-14)10-23-16-6-5-15(19)8-12(16)7-13(9-20)17(21)22/h1-8H,10H2,(H,21,22). The molecule has 0 aliphatic rings. The normalized spacial score (nSPS) is 10.9. The molecule has 0 atom stereocenters. The molecular weight excluding hydrogens is 337 g/mol. The minimum atomic E-state index is -1.31. The Balaban J connectivity index is 2.27. The molecule has 0 aromatic heterocycles. The predicted molar refractivity (Wildman–Crippen MR) is 88.5 cm³/mol. The van der Waals surface area contributed by atoms with Crippen LogP contribution in [0.25, 0.3) is 6.08 Å². The lowest BCUT2D eigenvalue weighted by atomic mass is 10.1.